The van der Waals surface area contributed by atoms with E-state index >= 15 is 0 Å². The normalized spacial score (nSPS) is 10.4. The van der Waals surface area contributed by atoms with Crippen molar-refractivity contribution < 1.29 is 4.84 Å². The number of hydrogen-bond acceptors (Lipinski definition) is 4. The maximum absolute atomic E-state index is 11.1. The van der Waals surface area contributed by atoms with Crippen LogP contribution >= 0.6 is 12.2 Å². The molecule has 0 unspecified atom stereocenters. The van der Waals surface area contributed by atoms with Crippen molar-refractivity contribution in [3.63, 3.8) is 0 Å². The largest absolute Gasteiger partial charge is 0.399 e. The molecule has 0 radical (unpaired) electrons. The summed E-state index contributed by atoms with van der Waals surface area (Å²) in [6.45, 7) is 0. The first-order chi connectivity index (χ1) is 5.74. The summed E-state index contributed by atoms with van der Waals surface area (Å²) in [6.07, 6.45) is 2.76. The molecule has 0 spiro atoms. The second-order valence-corrected chi connectivity index (χ2v) is 2.35. The smallest absolute Gasteiger partial charge is 0.260 e. The monoisotopic (exact) mass is 185 g/mol. The summed E-state index contributed by atoms with van der Waals surface area (Å²) in [5, 5.41) is 3.43. The van der Waals surface area contributed by atoms with Gasteiger partial charge in [0.2, 0.25) is 0 Å². The van der Waals surface area contributed by atoms with Crippen LogP contribution in [0.25, 0.3) is 0 Å². The topological polar surface area (TPSA) is 70.2 Å². The molecule has 2 N–H and O–H groups in total. The van der Waals surface area contributed by atoms with Gasteiger partial charge in [-0.05, 0) is 12.2 Å². The predicted octanol–water partition coefficient (Wildman–Crippen LogP) is 0.413. The van der Waals surface area contributed by atoms with E-state index in [-0.39, 0.29) is 10.3 Å². The van der Waals surface area contributed by atoms with Crippen LogP contribution in [0.5, 0.6) is 0 Å². The molecular formula is C6H7N3O2S. The first-order valence-corrected chi connectivity index (χ1v) is 3.53. The molecule has 0 fully saturated rings. The molecule has 0 aliphatic heterocycles. The van der Waals surface area contributed by atoms with E-state index < -0.39 is 0 Å². The third-order valence-corrected chi connectivity index (χ3v) is 1.37. The minimum absolute atomic E-state index is 0.287. The molecule has 5 nitrogen and oxygen atoms in total. The summed E-state index contributed by atoms with van der Waals surface area (Å²) >= 11 is 4.68. The van der Waals surface area contributed by atoms with Crippen LogP contribution in [-0.4, -0.2) is 23.3 Å². The van der Waals surface area contributed by atoms with Crippen molar-refractivity contribution in [3.8, 4) is 0 Å². The number of rotatable bonds is 2. The average molecular weight is 185 g/mol. The van der Waals surface area contributed by atoms with E-state index in [4.69, 9.17) is 0 Å². The van der Waals surface area contributed by atoms with Gasteiger partial charge in [-0.15, -0.1) is 0 Å². The fourth-order valence-electron chi connectivity index (χ4n) is 0.626. The lowest BCUT2D eigenvalue weighted by molar-refractivity contribution is 0.215. The number of aromatic nitrogens is 2. The minimum atomic E-state index is -0.292. The molecule has 0 bridgehead atoms. The summed E-state index contributed by atoms with van der Waals surface area (Å²) in [5.74, 6) is 0. The van der Waals surface area contributed by atoms with Crippen LogP contribution in [0, 0.1) is 4.77 Å². The van der Waals surface area contributed by atoms with E-state index in [1.54, 1.807) is 0 Å². The Morgan fingerprint density at radius 2 is 2.50 bits per heavy atom. The van der Waals surface area contributed by atoms with Gasteiger partial charge in [0.1, 0.15) is 7.11 Å². The number of nitrogens with one attached hydrogen (secondary N) is 2. The zero-order valence-electron chi connectivity index (χ0n) is 6.33. The number of H-pyrrole nitrogens is 2. The number of aromatic amines is 2. The molecule has 64 valence electrons. The van der Waals surface area contributed by atoms with E-state index in [0.29, 0.717) is 5.56 Å². The second kappa shape index (κ2) is 3.82. The van der Waals surface area contributed by atoms with Gasteiger partial charge in [-0.25, -0.2) is 0 Å². The molecule has 0 aromatic carbocycles. The SMILES string of the molecule is CON=Cc1c[nH]c(=S)[nH]c1=O. The van der Waals surface area contributed by atoms with Crippen LogP contribution in [0.4, 0.5) is 0 Å². The molecule has 0 amide bonds. The number of oxime groups is 1. The van der Waals surface area contributed by atoms with Crippen molar-refractivity contribution >= 4 is 18.4 Å². The Kier molecular flexibility index (Phi) is 2.76. The number of nitrogens with zero attached hydrogens (tertiary/aromatic N) is 1. The molecule has 6 heteroatoms. The van der Waals surface area contributed by atoms with Crippen LogP contribution in [0.2, 0.25) is 0 Å². The Balaban J connectivity index is 3.11. The molecule has 1 rings (SSSR count). The first kappa shape index (κ1) is 8.66. The highest BCUT2D eigenvalue weighted by Gasteiger charge is 1.93. The zero-order chi connectivity index (χ0) is 8.97. The van der Waals surface area contributed by atoms with Gasteiger partial charge in [-0.2, -0.15) is 0 Å². The van der Waals surface area contributed by atoms with E-state index in [9.17, 15) is 4.79 Å². The summed E-state index contributed by atoms with van der Waals surface area (Å²) < 4.78 is 0.287. The maximum Gasteiger partial charge on any atom is 0.260 e. The third-order valence-electron chi connectivity index (χ3n) is 1.15. The van der Waals surface area contributed by atoms with Crippen LogP contribution in [0.1, 0.15) is 5.56 Å². The highest BCUT2D eigenvalue weighted by Crippen LogP contribution is 1.81. The molecule has 0 aliphatic rings. The van der Waals surface area contributed by atoms with Gasteiger partial charge in [-0.1, -0.05) is 5.16 Å². The van der Waals surface area contributed by atoms with Gasteiger partial charge in [0.05, 0.1) is 11.8 Å². The van der Waals surface area contributed by atoms with Gasteiger partial charge in [0.15, 0.2) is 4.77 Å². The van der Waals surface area contributed by atoms with Gasteiger partial charge >= 0.3 is 0 Å². The first-order valence-electron chi connectivity index (χ1n) is 3.12. The summed E-state index contributed by atoms with van der Waals surface area (Å²) in [6, 6.07) is 0. The molecule has 0 saturated carbocycles. The highest BCUT2D eigenvalue weighted by molar-refractivity contribution is 7.71. The molecule has 1 aromatic rings. The molecule has 12 heavy (non-hydrogen) atoms. The van der Waals surface area contributed by atoms with Crippen LogP contribution in [-0.2, 0) is 4.84 Å². The Hall–Kier alpha value is -1.43. The average Bonchev–Trinajstić information content (AvgIpc) is 2.03. The molecule has 1 aromatic heterocycles. The Bertz CT molecular complexity index is 392. The highest BCUT2D eigenvalue weighted by atomic mass is 32.1. The van der Waals surface area contributed by atoms with Crippen molar-refractivity contribution in [2.75, 3.05) is 7.11 Å². The van der Waals surface area contributed by atoms with Crippen LogP contribution in [0.15, 0.2) is 16.1 Å². The van der Waals surface area contributed by atoms with E-state index in [2.05, 4.69) is 32.2 Å². The molecule has 1 heterocycles. The van der Waals surface area contributed by atoms with Gasteiger partial charge in [0, 0.05) is 6.20 Å². The van der Waals surface area contributed by atoms with Crippen LogP contribution < -0.4 is 5.56 Å². The Morgan fingerprint density at radius 1 is 1.75 bits per heavy atom. The summed E-state index contributed by atoms with van der Waals surface area (Å²) in [5.41, 5.74) is 0.0741. The minimum Gasteiger partial charge on any atom is -0.399 e. The fraction of sp³-hybridized carbons (Fsp3) is 0.167. The molecule has 0 saturated heterocycles. The van der Waals surface area contributed by atoms with Crippen molar-refractivity contribution in [2.24, 2.45) is 5.16 Å². The van der Waals surface area contributed by atoms with E-state index in [1.165, 1.54) is 19.5 Å². The lowest BCUT2D eigenvalue weighted by Gasteiger charge is -1.89. The van der Waals surface area contributed by atoms with Gasteiger partial charge in [0.25, 0.3) is 5.56 Å². The second-order valence-electron chi connectivity index (χ2n) is 1.94. The fourth-order valence-corrected chi connectivity index (χ4v) is 0.777. The standard InChI is InChI=1S/C6H7N3O2S/c1-11-8-3-4-2-7-6(12)9-5(4)10/h2-3H,1H3,(H2,7,9,10,12). The quantitative estimate of drug-likeness (QED) is 0.398. The third kappa shape index (κ3) is 2.03. The van der Waals surface area contributed by atoms with Crippen molar-refractivity contribution in [1.82, 2.24) is 9.97 Å². The summed E-state index contributed by atoms with van der Waals surface area (Å²) in [4.78, 5) is 20.5. The Labute approximate surface area is 73.1 Å². The van der Waals surface area contributed by atoms with Crippen molar-refractivity contribution in [3.05, 3.63) is 26.9 Å². The van der Waals surface area contributed by atoms with Gasteiger partial charge < -0.3 is 9.82 Å². The predicted molar refractivity (Wildman–Crippen MR) is 46.9 cm³/mol. The van der Waals surface area contributed by atoms with Crippen molar-refractivity contribution in [2.45, 2.75) is 0 Å². The maximum atomic E-state index is 11.1. The number of hydrogen-bond donors (Lipinski definition) is 2. The lowest BCUT2D eigenvalue weighted by Crippen LogP contribution is -2.12. The zero-order valence-corrected chi connectivity index (χ0v) is 7.14. The van der Waals surface area contributed by atoms with Crippen molar-refractivity contribution in [1.29, 1.82) is 0 Å². The Morgan fingerprint density at radius 3 is 3.08 bits per heavy atom. The van der Waals surface area contributed by atoms with Crippen LogP contribution in [0.3, 0.4) is 0 Å². The molecular weight excluding hydrogens is 178 g/mol. The molecule has 0 aliphatic carbocycles. The summed E-state index contributed by atoms with van der Waals surface area (Å²) in [7, 11) is 1.40. The lowest BCUT2D eigenvalue weighted by atomic mass is 10.4. The van der Waals surface area contributed by atoms with Gasteiger partial charge in [-0.3, -0.25) is 9.78 Å². The van der Waals surface area contributed by atoms with E-state index in [0.717, 1.165) is 0 Å². The molecule has 0 atom stereocenters. The van der Waals surface area contributed by atoms with E-state index in [1.807, 2.05) is 0 Å².